The first-order valence-electron chi connectivity index (χ1n) is 5.59. The number of thioether (sulfide) groups is 1. The van der Waals surface area contributed by atoms with Crippen molar-refractivity contribution in [2.24, 2.45) is 7.05 Å². The molecule has 3 nitrogen and oxygen atoms in total. The van der Waals surface area contributed by atoms with Gasteiger partial charge in [0.1, 0.15) is 0 Å². The third-order valence-corrected chi connectivity index (χ3v) is 3.63. The first-order valence-corrected chi connectivity index (χ1v) is 6.57. The van der Waals surface area contributed by atoms with Gasteiger partial charge in [-0.2, -0.15) is 5.10 Å². The lowest BCUT2D eigenvalue weighted by Gasteiger charge is -2.04. The van der Waals surface area contributed by atoms with Crippen LogP contribution in [0.2, 0.25) is 0 Å². The van der Waals surface area contributed by atoms with Crippen molar-refractivity contribution in [2.75, 3.05) is 5.75 Å². The molecule has 4 heteroatoms. The average molecular weight is 248 g/mol. The Labute approximate surface area is 105 Å². The van der Waals surface area contributed by atoms with Gasteiger partial charge in [0.15, 0.2) is 0 Å². The zero-order valence-corrected chi connectivity index (χ0v) is 10.7. The molecule has 0 atom stereocenters. The maximum atomic E-state index is 9.05. The molecular formula is C13H16N2OS. The number of aliphatic hydroxyl groups excluding tert-OH is 1. The van der Waals surface area contributed by atoms with E-state index >= 15 is 0 Å². The summed E-state index contributed by atoms with van der Waals surface area (Å²) in [5, 5.41) is 13.2. The van der Waals surface area contributed by atoms with Gasteiger partial charge in [-0.05, 0) is 30.2 Å². The molecule has 0 fully saturated rings. The molecular weight excluding hydrogens is 232 g/mol. The molecule has 0 saturated heterocycles. The van der Waals surface area contributed by atoms with E-state index in [9.17, 15) is 0 Å². The normalized spacial score (nSPS) is 10.7. The maximum Gasteiger partial charge on any atom is 0.0682 e. The molecule has 0 aliphatic heterocycles. The Balaban J connectivity index is 1.87. The van der Waals surface area contributed by atoms with Crippen molar-refractivity contribution >= 4 is 11.8 Å². The SMILES string of the molecule is Cn1nccc1CCSc1cccc(CO)c1. The molecule has 2 rings (SSSR count). The second-order valence-electron chi connectivity index (χ2n) is 3.85. The highest BCUT2D eigenvalue weighted by Crippen LogP contribution is 2.20. The molecule has 0 saturated carbocycles. The summed E-state index contributed by atoms with van der Waals surface area (Å²) in [6, 6.07) is 10.1. The first-order chi connectivity index (χ1) is 8.29. The molecule has 0 aliphatic carbocycles. The van der Waals surface area contributed by atoms with E-state index in [1.54, 1.807) is 11.8 Å². The Morgan fingerprint density at radius 3 is 2.94 bits per heavy atom. The summed E-state index contributed by atoms with van der Waals surface area (Å²) in [4.78, 5) is 1.21. The molecule has 1 aromatic carbocycles. The van der Waals surface area contributed by atoms with Gasteiger partial charge in [0.2, 0.25) is 0 Å². The summed E-state index contributed by atoms with van der Waals surface area (Å²) >= 11 is 1.80. The molecule has 1 aromatic heterocycles. The number of benzene rings is 1. The van der Waals surface area contributed by atoms with Crippen LogP contribution in [0.25, 0.3) is 0 Å². The number of hydrogen-bond acceptors (Lipinski definition) is 3. The van der Waals surface area contributed by atoms with Crippen molar-refractivity contribution in [1.82, 2.24) is 9.78 Å². The van der Waals surface area contributed by atoms with Gasteiger partial charge in [-0.15, -0.1) is 11.8 Å². The number of aliphatic hydroxyl groups is 1. The number of aryl methyl sites for hydroxylation is 2. The Morgan fingerprint density at radius 2 is 2.24 bits per heavy atom. The number of rotatable bonds is 5. The molecule has 90 valence electrons. The van der Waals surface area contributed by atoms with Crippen molar-refractivity contribution in [3.63, 3.8) is 0 Å². The van der Waals surface area contributed by atoms with Gasteiger partial charge in [-0.25, -0.2) is 0 Å². The quantitative estimate of drug-likeness (QED) is 0.825. The van der Waals surface area contributed by atoms with Crippen LogP contribution in [-0.2, 0) is 20.1 Å². The van der Waals surface area contributed by atoms with Gasteiger partial charge in [0.25, 0.3) is 0 Å². The van der Waals surface area contributed by atoms with Crippen molar-refractivity contribution in [3.8, 4) is 0 Å². The first kappa shape index (κ1) is 12.2. The van der Waals surface area contributed by atoms with Gasteiger partial charge in [-0.3, -0.25) is 4.68 Å². The number of hydrogen-bond donors (Lipinski definition) is 1. The van der Waals surface area contributed by atoms with E-state index < -0.39 is 0 Å². The van der Waals surface area contributed by atoms with Crippen LogP contribution in [0.1, 0.15) is 11.3 Å². The number of nitrogens with zero attached hydrogens (tertiary/aromatic N) is 2. The van der Waals surface area contributed by atoms with Crippen molar-refractivity contribution in [2.45, 2.75) is 17.9 Å². The van der Waals surface area contributed by atoms with E-state index in [0.717, 1.165) is 17.7 Å². The molecule has 1 heterocycles. The zero-order chi connectivity index (χ0) is 12.1. The summed E-state index contributed by atoms with van der Waals surface area (Å²) in [5.41, 5.74) is 2.21. The van der Waals surface area contributed by atoms with E-state index in [-0.39, 0.29) is 6.61 Å². The van der Waals surface area contributed by atoms with Crippen LogP contribution in [0.4, 0.5) is 0 Å². The minimum atomic E-state index is 0.107. The van der Waals surface area contributed by atoms with Crippen LogP contribution in [0, 0.1) is 0 Å². The standard InChI is InChI=1S/C13H16N2OS/c1-15-12(5-7-14-15)6-8-17-13-4-2-3-11(9-13)10-16/h2-5,7,9,16H,6,8,10H2,1H3. The van der Waals surface area contributed by atoms with Gasteiger partial charge in [0.05, 0.1) is 6.61 Å². The minimum absolute atomic E-state index is 0.107. The Morgan fingerprint density at radius 1 is 1.35 bits per heavy atom. The molecule has 0 unspecified atom stereocenters. The molecule has 1 N–H and O–H groups in total. The Kier molecular flexibility index (Phi) is 4.23. The van der Waals surface area contributed by atoms with Crippen molar-refractivity contribution in [1.29, 1.82) is 0 Å². The maximum absolute atomic E-state index is 9.05. The van der Waals surface area contributed by atoms with Gasteiger partial charge < -0.3 is 5.11 Å². The molecule has 0 amide bonds. The molecule has 0 aliphatic rings. The predicted molar refractivity (Wildman–Crippen MR) is 70.0 cm³/mol. The molecule has 17 heavy (non-hydrogen) atoms. The molecule has 2 aromatic rings. The van der Waals surface area contributed by atoms with Crippen molar-refractivity contribution in [3.05, 3.63) is 47.8 Å². The summed E-state index contributed by atoms with van der Waals surface area (Å²) < 4.78 is 1.91. The Hall–Kier alpha value is -1.26. The fourth-order valence-electron chi connectivity index (χ4n) is 1.65. The van der Waals surface area contributed by atoms with E-state index in [1.165, 1.54) is 10.6 Å². The van der Waals surface area contributed by atoms with Crippen LogP contribution in [0.3, 0.4) is 0 Å². The monoisotopic (exact) mass is 248 g/mol. The highest BCUT2D eigenvalue weighted by atomic mass is 32.2. The van der Waals surface area contributed by atoms with Gasteiger partial charge >= 0.3 is 0 Å². The summed E-state index contributed by atoms with van der Waals surface area (Å²) in [5.74, 6) is 1.02. The van der Waals surface area contributed by atoms with Gasteiger partial charge in [-0.1, -0.05) is 12.1 Å². The second-order valence-corrected chi connectivity index (χ2v) is 5.02. The van der Waals surface area contributed by atoms with E-state index in [4.69, 9.17) is 5.11 Å². The molecule has 0 spiro atoms. The summed E-state index contributed by atoms with van der Waals surface area (Å²) in [6.07, 6.45) is 2.83. The topological polar surface area (TPSA) is 38.0 Å². The lowest BCUT2D eigenvalue weighted by Crippen LogP contribution is -1.99. The number of aromatic nitrogens is 2. The predicted octanol–water partition coefficient (Wildman–Crippen LogP) is 2.25. The van der Waals surface area contributed by atoms with Crippen molar-refractivity contribution < 1.29 is 5.11 Å². The zero-order valence-electron chi connectivity index (χ0n) is 9.84. The summed E-state index contributed by atoms with van der Waals surface area (Å²) in [6.45, 7) is 0.107. The third-order valence-electron chi connectivity index (χ3n) is 2.63. The van der Waals surface area contributed by atoms with Gasteiger partial charge in [0, 0.05) is 29.6 Å². The highest BCUT2D eigenvalue weighted by molar-refractivity contribution is 7.99. The second kappa shape index (κ2) is 5.89. The smallest absolute Gasteiger partial charge is 0.0682 e. The molecule has 0 bridgehead atoms. The molecule has 0 radical (unpaired) electrons. The van der Waals surface area contributed by atoms with Crippen LogP contribution in [-0.4, -0.2) is 20.6 Å². The lowest BCUT2D eigenvalue weighted by atomic mass is 10.2. The fourth-order valence-corrected chi connectivity index (χ4v) is 2.61. The van der Waals surface area contributed by atoms with Crippen LogP contribution in [0.5, 0.6) is 0 Å². The largest absolute Gasteiger partial charge is 0.392 e. The minimum Gasteiger partial charge on any atom is -0.392 e. The third kappa shape index (κ3) is 3.35. The van der Waals surface area contributed by atoms with E-state index in [1.807, 2.05) is 42.2 Å². The Bertz CT molecular complexity index is 482. The van der Waals surface area contributed by atoms with Crippen LogP contribution >= 0.6 is 11.8 Å². The summed E-state index contributed by atoms with van der Waals surface area (Å²) in [7, 11) is 1.96. The van der Waals surface area contributed by atoms with E-state index in [0.29, 0.717) is 0 Å². The lowest BCUT2D eigenvalue weighted by molar-refractivity contribution is 0.281. The van der Waals surface area contributed by atoms with Crippen LogP contribution < -0.4 is 0 Å². The van der Waals surface area contributed by atoms with E-state index in [2.05, 4.69) is 11.2 Å². The van der Waals surface area contributed by atoms with Crippen LogP contribution in [0.15, 0.2) is 41.4 Å². The highest BCUT2D eigenvalue weighted by Gasteiger charge is 2.00. The average Bonchev–Trinajstić information content (AvgIpc) is 2.76. The fraction of sp³-hybridized carbons (Fsp3) is 0.308.